The van der Waals surface area contributed by atoms with Gasteiger partial charge in [0.25, 0.3) is 0 Å². The van der Waals surface area contributed by atoms with Crippen LogP contribution in [-0.2, 0) is 4.74 Å². The highest BCUT2D eigenvalue weighted by molar-refractivity contribution is 9.10. The molecule has 0 amide bonds. The second-order valence-electron chi connectivity index (χ2n) is 3.15. The summed E-state index contributed by atoms with van der Waals surface area (Å²) < 4.78 is 5.76. The monoisotopic (exact) mass is 274 g/mol. The van der Waals surface area contributed by atoms with Crippen molar-refractivity contribution in [1.29, 1.82) is 0 Å². The average Bonchev–Trinajstić information content (AvgIpc) is 2.24. The third kappa shape index (κ3) is 4.70. The summed E-state index contributed by atoms with van der Waals surface area (Å²) in [6.45, 7) is 1.87. The van der Waals surface area contributed by atoms with E-state index in [-0.39, 0.29) is 0 Å². The first-order chi connectivity index (χ1) is 7.24. The summed E-state index contributed by atoms with van der Waals surface area (Å²) in [7, 11) is 1.65. The zero-order chi connectivity index (χ0) is 11.1. The molecule has 2 N–H and O–H groups in total. The van der Waals surface area contributed by atoms with Crippen LogP contribution in [0.1, 0.15) is 11.7 Å². The molecule has 0 unspecified atom stereocenters. The maximum Gasteiger partial charge on any atom is 0.0929 e. The molecule has 0 radical (unpaired) electrons. The minimum atomic E-state index is -0.535. The fourth-order valence-corrected chi connectivity index (χ4v) is 1.52. The number of rotatable bonds is 6. The highest BCUT2D eigenvalue weighted by Crippen LogP contribution is 2.15. The molecule has 0 aromatic carbocycles. The van der Waals surface area contributed by atoms with Gasteiger partial charge in [-0.25, -0.2) is 0 Å². The minimum absolute atomic E-state index is 0.501. The molecular formula is C10H15BrN2O2. The van der Waals surface area contributed by atoms with E-state index < -0.39 is 6.10 Å². The first-order valence-electron chi connectivity index (χ1n) is 4.72. The number of nitrogens with one attached hydrogen (secondary N) is 1. The molecule has 1 heterocycles. The molecule has 0 saturated heterocycles. The molecule has 1 rings (SSSR count). The lowest BCUT2D eigenvalue weighted by Crippen LogP contribution is -2.25. The van der Waals surface area contributed by atoms with E-state index in [2.05, 4.69) is 26.2 Å². The van der Waals surface area contributed by atoms with E-state index in [1.807, 2.05) is 6.07 Å². The minimum Gasteiger partial charge on any atom is -0.387 e. The van der Waals surface area contributed by atoms with Crippen LogP contribution >= 0.6 is 15.9 Å². The molecule has 0 aliphatic heterocycles. The van der Waals surface area contributed by atoms with Crippen LogP contribution < -0.4 is 5.32 Å². The summed E-state index contributed by atoms with van der Waals surface area (Å²) in [5, 5.41) is 12.9. The number of hydrogen-bond donors (Lipinski definition) is 2. The normalized spacial score (nSPS) is 12.7. The number of nitrogens with zero attached hydrogens (tertiary/aromatic N) is 1. The van der Waals surface area contributed by atoms with Crippen molar-refractivity contribution in [2.45, 2.75) is 6.10 Å². The number of aromatic nitrogens is 1. The topological polar surface area (TPSA) is 54.4 Å². The second kappa shape index (κ2) is 6.90. The van der Waals surface area contributed by atoms with E-state index in [0.717, 1.165) is 16.6 Å². The lowest BCUT2D eigenvalue weighted by molar-refractivity contribution is 0.161. The summed E-state index contributed by atoms with van der Waals surface area (Å²) in [4.78, 5) is 3.99. The number of aliphatic hydroxyl groups is 1. The van der Waals surface area contributed by atoms with Crippen LogP contribution in [0, 0.1) is 0 Å². The molecule has 1 atom stereocenters. The SMILES string of the molecule is COCCNC[C@@H](O)c1cncc(Br)c1. The molecule has 0 aliphatic carbocycles. The maximum absolute atomic E-state index is 9.78. The summed E-state index contributed by atoms with van der Waals surface area (Å²) in [5.74, 6) is 0. The smallest absolute Gasteiger partial charge is 0.0929 e. The molecule has 0 aliphatic rings. The van der Waals surface area contributed by atoms with Crippen LogP contribution in [0.5, 0.6) is 0 Å². The van der Waals surface area contributed by atoms with Crippen molar-refractivity contribution in [3.8, 4) is 0 Å². The molecular weight excluding hydrogens is 260 g/mol. The van der Waals surface area contributed by atoms with Gasteiger partial charge in [0, 0.05) is 42.6 Å². The number of aliphatic hydroxyl groups excluding tert-OH is 1. The third-order valence-corrected chi connectivity index (χ3v) is 2.37. The molecule has 1 aromatic rings. The molecule has 1 aromatic heterocycles. The number of halogens is 1. The number of pyridine rings is 1. The molecule has 84 valence electrons. The first-order valence-corrected chi connectivity index (χ1v) is 5.51. The molecule has 15 heavy (non-hydrogen) atoms. The van der Waals surface area contributed by atoms with Crippen molar-refractivity contribution in [3.63, 3.8) is 0 Å². The highest BCUT2D eigenvalue weighted by atomic mass is 79.9. The largest absolute Gasteiger partial charge is 0.387 e. The van der Waals surface area contributed by atoms with Crippen molar-refractivity contribution in [2.75, 3.05) is 26.8 Å². The van der Waals surface area contributed by atoms with Crippen molar-refractivity contribution in [1.82, 2.24) is 10.3 Å². The van der Waals surface area contributed by atoms with Crippen LogP contribution in [-0.4, -0.2) is 36.9 Å². The summed E-state index contributed by atoms with van der Waals surface area (Å²) in [6, 6.07) is 1.86. The quantitative estimate of drug-likeness (QED) is 0.764. The van der Waals surface area contributed by atoms with Gasteiger partial charge in [-0.05, 0) is 22.0 Å². The molecule has 4 nitrogen and oxygen atoms in total. The Hall–Kier alpha value is -0.490. The lowest BCUT2D eigenvalue weighted by Gasteiger charge is -2.11. The summed E-state index contributed by atoms with van der Waals surface area (Å²) in [6.07, 6.45) is 2.81. The Morgan fingerprint density at radius 3 is 3.07 bits per heavy atom. The molecule has 0 saturated carbocycles. The Morgan fingerprint density at radius 1 is 1.60 bits per heavy atom. The average molecular weight is 275 g/mol. The van der Waals surface area contributed by atoms with Crippen LogP contribution in [0.4, 0.5) is 0 Å². The highest BCUT2D eigenvalue weighted by Gasteiger charge is 2.07. The van der Waals surface area contributed by atoms with Crippen LogP contribution in [0.3, 0.4) is 0 Å². The first kappa shape index (κ1) is 12.6. The number of ether oxygens (including phenoxy) is 1. The van der Waals surface area contributed by atoms with Crippen molar-refractivity contribution >= 4 is 15.9 Å². The van der Waals surface area contributed by atoms with Crippen LogP contribution in [0.2, 0.25) is 0 Å². The Morgan fingerprint density at radius 2 is 2.40 bits per heavy atom. The Labute approximate surface area is 97.8 Å². The van der Waals surface area contributed by atoms with Gasteiger partial charge in [-0.15, -0.1) is 0 Å². The summed E-state index contributed by atoms with van der Waals surface area (Å²) in [5.41, 5.74) is 0.800. The van der Waals surface area contributed by atoms with E-state index in [1.54, 1.807) is 19.5 Å². The van der Waals surface area contributed by atoms with E-state index >= 15 is 0 Å². The predicted octanol–water partition coefficient (Wildman–Crippen LogP) is 1.11. The predicted molar refractivity (Wildman–Crippen MR) is 61.6 cm³/mol. The van der Waals surface area contributed by atoms with Gasteiger partial charge < -0.3 is 15.2 Å². The van der Waals surface area contributed by atoms with Crippen molar-refractivity contribution < 1.29 is 9.84 Å². The van der Waals surface area contributed by atoms with Crippen LogP contribution in [0.15, 0.2) is 22.9 Å². The van der Waals surface area contributed by atoms with E-state index in [9.17, 15) is 5.11 Å². The second-order valence-corrected chi connectivity index (χ2v) is 4.06. The van der Waals surface area contributed by atoms with Crippen molar-refractivity contribution in [2.24, 2.45) is 0 Å². The summed E-state index contributed by atoms with van der Waals surface area (Å²) >= 11 is 3.31. The van der Waals surface area contributed by atoms with Gasteiger partial charge in [0.2, 0.25) is 0 Å². The standard InChI is InChI=1S/C10H15BrN2O2/c1-15-3-2-12-7-10(14)8-4-9(11)6-13-5-8/h4-6,10,12,14H,2-3,7H2,1H3/t10-/m1/s1. The van der Waals surface area contributed by atoms with Gasteiger partial charge in [0.15, 0.2) is 0 Å². The van der Waals surface area contributed by atoms with Gasteiger partial charge in [-0.3, -0.25) is 4.98 Å². The van der Waals surface area contributed by atoms with Gasteiger partial charge in [0.05, 0.1) is 12.7 Å². The van der Waals surface area contributed by atoms with E-state index in [1.165, 1.54) is 0 Å². The van der Waals surface area contributed by atoms with Crippen LogP contribution in [0.25, 0.3) is 0 Å². The fraction of sp³-hybridized carbons (Fsp3) is 0.500. The maximum atomic E-state index is 9.78. The molecule has 0 fully saturated rings. The number of hydrogen-bond acceptors (Lipinski definition) is 4. The van der Waals surface area contributed by atoms with E-state index in [0.29, 0.717) is 13.2 Å². The number of methoxy groups -OCH3 is 1. The molecule has 0 spiro atoms. The van der Waals surface area contributed by atoms with Gasteiger partial charge >= 0.3 is 0 Å². The van der Waals surface area contributed by atoms with Crippen molar-refractivity contribution in [3.05, 3.63) is 28.5 Å². The van der Waals surface area contributed by atoms with Gasteiger partial charge in [-0.2, -0.15) is 0 Å². The zero-order valence-electron chi connectivity index (χ0n) is 8.61. The van der Waals surface area contributed by atoms with Gasteiger partial charge in [-0.1, -0.05) is 0 Å². The zero-order valence-corrected chi connectivity index (χ0v) is 10.2. The van der Waals surface area contributed by atoms with E-state index in [4.69, 9.17) is 4.74 Å². The fourth-order valence-electron chi connectivity index (χ4n) is 1.14. The Bertz CT molecular complexity index is 297. The Kier molecular flexibility index (Phi) is 5.78. The Balaban J connectivity index is 2.36. The molecule has 5 heteroatoms. The van der Waals surface area contributed by atoms with Gasteiger partial charge in [0.1, 0.15) is 0 Å². The third-order valence-electron chi connectivity index (χ3n) is 1.93. The lowest BCUT2D eigenvalue weighted by atomic mass is 10.1. The molecule has 0 bridgehead atoms.